The molecule has 0 aromatic carbocycles. The van der Waals surface area contributed by atoms with Gasteiger partial charge in [0.15, 0.2) is 0 Å². The van der Waals surface area contributed by atoms with Gasteiger partial charge in [-0.15, -0.1) is 0 Å². The molecule has 0 atom stereocenters. The molecule has 1 heteroatoms. The van der Waals surface area contributed by atoms with Crippen LogP contribution < -0.4 is 0 Å². The third-order valence-electron chi connectivity index (χ3n) is 3.36. The topological polar surface area (TPSA) is 3.24 Å². The maximum Gasteiger partial charge on any atom is -0.00248 e. The fraction of sp³-hybridized carbons (Fsp3) is 0.938. The summed E-state index contributed by atoms with van der Waals surface area (Å²) in [5, 5.41) is 0. The molecule has 0 fully saturated rings. The van der Waals surface area contributed by atoms with Crippen molar-refractivity contribution in [1.29, 1.82) is 0 Å². The molecule has 0 bridgehead atoms. The molecule has 1 radical (unpaired) electrons. The first-order valence-corrected chi connectivity index (χ1v) is 7.71. The standard InChI is InChI=1S/C16H34N/c1-4-5-6-7-8-9-10-11-12-13-14-15-16-17(2)3/h1,4-16H2,2-3H3. The van der Waals surface area contributed by atoms with E-state index in [1.807, 2.05) is 0 Å². The van der Waals surface area contributed by atoms with Crippen LogP contribution in [0.3, 0.4) is 0 Å². The van der Waals surface area contributed by atoms with Gasteiger partial charge in [0.1, 0.15) is 0 Å². The summed E-state index contributed by atoms with van der Waals surface area (Å²) in [6, 6.07) is 0. The van der Waals surface area contributed by atoms with Gasteiger partial charge in [-0.1, -0.05) is 77.6 Å². The highest BCUT2D eigenvalue weighted by molar-refractivity contribution is 4.50. The van der Waals surface area contributed by atoms with E-state index in [0.717, 1.165) is 6.42 Å². The second-order valence-corrected chi connectivity index (χ2v) is 5.55. The first-order valence-electron chi connectivity index (χ1n) is 7.71. The summed E-state index contributed by atoms with van der Waals surface area (Å²) in [6.07, 6.45) is 16.8. The van der Waals surface area contributed by atoms with Gasteiger partial charge in [-0.25, -0.2) is 0 Å². The van der Waals surface area contributed by atoms with Gasteiger partial charge in [0.2, 0.25) is 0 Å². The molecule has 0 aromatic rings. The maximum absolute atomic E-state index is 3.88. The van der Waals surface area contributed by atoms with E-state index < -0.39 is 0 Å². The van der Waals surface area contributed by atoms with Gasteiger partial charge in [0, 0.05) is 0 Å². The van der Waals surface area contributed by atoms with Gasteiger partial charge >= 0.3 is 0 Å². The Bertz CT molecular complexity index is 131. The Morgan fingerprint density at radius 1 is 0.588 bits per heavy atom. The van der Waals surface area contributed by atoms with Gasteiger partial charge in [-0.3, -0.25) is 0 Å². The molecule has 0 aliphatic rings. The van der Waals surface area contributed by atoms with Crippen LogP contribution in [0, 0.1) is 6.92 Å². The van der Waals surface area contributed by atoms with Gasteiger partial charge < -0.3 is 4.90 Å². The summed E-state index contributed by atoms with van der Waals surface area (Å²) in [4.78, 5) is 2.28. The molecule has 0 saturated carbocycles. The predicted molar refractivity (Wildman–Crippen MR) is 79.3 cm³/mol. The molecule has 1 nitrogen and oxygen atoms in total. The van der Waals surface area contributed by atoms with E-state index in [1.54, 1.807) is 0 Å². The lowest BCUT2D eigenvalue weighted by atomic mass is 10.1. The van der Waals surface area contributed by atoms with Crippen molar-refractivity contribution < 1.29 is 0 Å². The third-order valence-corrected chi connectivity index (χ3v) is 3.36. The van der Waals surface area contributed by atoms with Crippen molar-refractivity contribution in [2.45, 2.75) is 77.0 Å². The Labute approximate surface area is 110 Å². The minimum absolute atomic E-state index is 1.12. The van der Waals surface area contributed by atoms with Crippen LogP contribution in [-0.4, -0.2) is 25.5 Å². The third kappa shape index (κ3) is 16.0. The fourth-order valence-electron chi connectivity index (χ4n) is 2.20. The highest BCUT2D eigenvalue weighted by Crippen LogP contribution is 2.11. The minimum Gasteiger partial charge on any atom is -0.309 e. The molecular weight excluding hydrogens is 206 g/mol. The minimum atomic E-state index is 1.12. The zero-order valence-corrected chi connectivity index (χ0v) is 12.3. The normalized spacial score (nSPS) is 11.3. The fourth-order valence-corrected chi connectivity index (χ4v) is 2.20. The molecule has 0 N–H and O–H groups in total. The Kier molecular flexibility index (Phi) is 14.0. The second-order valence-electron chi connectivity index (χ2n) is 5.55. The summed E-state index contributed by atoms with van der Waals surface area (Å²) in [7, 11) is 4.32. The molecule has 0 spiro atoms. The Balaban J connectivity index is 2.89. The van der Waals surface area contributed by atoms with E-state index in [-0.39, 0.29) is 0 Å². The van der Waals surface area contributed by atoms with Crippen LogP contribution in [0.15, 0.2) is 0 Å². The maximum atomic E-state index is 3.88. The molecule has 0 unspecified atom stereocenters. The van der Waals surface area contributed by atoms with E-state index in [2.05, 4.69) is 25.9 Å². The van der Waals surface area contributed by atoms with E-state index in [9.17, 15) is 0 Å². The SMILES string of the molecule is [CH2]CCCCCCCCCCCCCN(C)C. The Morgan fingerprint density at radius 3 is 1.29 bits per heavy atom. The smallest absolute Gasteiger partial charge is 0.00248 e. The van der Waals surface area contributed by atoms with Crippen LogP contribution in [0.25, 0.3) is 0 Å². The lowest BCUT2D eigenvalue weighted by Crippen LogP contribution is -2.12. The number of hydrogen-bond acceptors (Lipinski definition) is 1. The van der Waals surface area contributed by atoms with Gasteiger partial charge in [-0.2, -0.15) is 0 Å². The number of nitrogens with zero attached hydrogens (tertiary/aromatic N) is 1. The summed E-state index contributed by atoms with van der Waals surface area (Å²) in [5.74, 6) is 0. The predicted octanol–water partition coefficient (Wildman–Crippen LogP) is 5.06. The van der Waals surface area contributed by atoms with Crippen LogP contribution in [0.5, 0.6) is 0 Å². The van der Waals surface area contributed by atoms with Gasteiger partial charge in [0.25, 0.3) is 0 Å². The van der Waals surface area contributed by atoms with Crippen LogP contribution in [0.1, 0.15) is 77.0 Å². The number of hydrogen-bond donors (Lipinski definition) is 0. The molecule has 0 aromatic heterocycles. The van der Waals surface area contributed by atoms with Crippen molar-refractivity contribution in [3.05, 3.63) is 6.92 Å². The highest BCUT2D eigenvalue weighted by Gasteiger charge is 1.94. The summed E-state index contributed by atoms with van der Waals surface area (Å²) < 4.78 is 0. The van der Waals surface area contributed by atoms with E-state index in [0.29, 0.717) is 0 Å². The average molecular weight is 240 g/mol. The van der Waals surface area contributed by atoms with Crippen LogP contribution in [0.2, 0.25) is 0 Å². The molecule has 103 valence electrons. The zero-order valence-electron chi connectivity index (χ0n) is 12.3. The average Bonchev–Trinajstić information content (AvgIpc) is 2.30. The summed E-state index contributed by atoms with van der Waals surface area (Å²) in [6.45, 7) is 5.13. The quantitative estimate of drug-likeness (QED) is 0.407. The molecule has 0 heterocycles. The second kappa shape index (κ2) is 14.0. The molecule has 0 rings (SSSR count). The van der Waals surface area contributed by atoms with Gasteiger partial charge in [-0.05, 0) is 27.1 Å². The highest BCUT2D eigenvalue weighted by atomic mass is 15.0. The van der Waals surface area contributed by atoms with Crippen LogP contribution >= 0.6 is 0 Å². The van der Waals surface area contributed by atoms with Crippen molar-refractivity contribution in [2.24, 2.45) is 0 Å². The lowest BCUT2D eigenvalue weighted by molar-refractivity contribution is 0.389. The van der Waals surface area contributed by atoms with Crippen molar-refractivity contribution in [3.63, 3.8) is 0 Å². The molecule has 0 saturated heterocycles. The van der Waals surface area contributed by atoms with Gasteiger partial charge in [0.05, 0.1) is 0 Å². The molecule has 17 heavy (non-hydrogen) atoms. The molecule has 0 aliphatic carbocycles. The Hall–Kier alpha value is -0.0400. The van der Waals surface area contributed by atoms with E-state index in [4.69, 9.17) is 0 Å². The van der Waals surface area contributed by atoms with Crippen molar-refractivity contribution in [1.82, 2.24) is 4.90 Å². The summed E-state index contributed by atoms with van der Waals surface area (Å²) >= 11 is 0. The number of unbranched alkanes of at least 4 members (excludes halogenated alkanes) is 11. The van der Waals surface area contributed by atoms with E-state index >= 15 is 0 Å². The number of rotatable bonds is 13. The first-order chi connectivity index (χ1) is 8.27. The van der Waals surface area contributed by atoms with Crippen molar-refractivity contribution in [3.8, 4) is 0 Å². The summed E-state index contributed by atoms with van der Waals surface area (Å²) in [5.41, 5.74) is 0. The largest absolute Gasteiger partial charge is 0.309 e. The zero-order chi connectivity index (χ0) is 12.8. The van der Waals surface area contributed by atoms with Crippen LogP contribution in [0.4, 0.5) is 0 Å². The van der Waals surface area contributed by atoms with Crippen LogP contribution in [-0.2, 0) is 0 Å². The molecular formula is C16H34N. The monoisotopic (exact) mass is 240 g/mol. The molecule has 0 amide bonds. The molecule has 0 aliphatic heterocycles. The first kappa shape index (κ1) is 17.0. The van der Waals surface area contributed by atoms with Crippen molar-refractivity contribution >= 4 is 0 Å². The Morgan fingerprint density at radius 2 is 0.941 bits per heavy atom. The lowest BCUT2D eigenvalue weighted by Gasteiger charge is -2.08. The van der Waals surface area contributed by atoms with Crippen molar-refractivity contribution in [2.75, 3.05) is 20.6 Å². The van der Waals surface area contributed by atoms with E-state index in [1.165, 1.54) is 77.2 Å².